The van der Waals surface area contributed by atoms with E-state index in [-0.39, 0.29) is 5.91 Å². The van der Waals surface area contributed by atoms with E-state index in [2.05, 4.69) is 6.92 Å². The standard InChI is InChI=1S/C15H17FN2O/c1-11-2-5-15(19)18(7-6-11)10-13-4-3-12(9-17)8-14(13)16/h3-4,8,11H,2,5-7,10H2,1H3. The van der Waals surface area contributed by atoms with Crippen molar-refractivity contribution in [3.8, 4) is 6.07 Å². The number of benzene rings is 1. The fourth-order valence-corrected chi connectivity index (χ4v) is 2.29. The second-order valence-corrected chi connectivity index (χ2v) is 5.17. The number of nitrogens with zero attached hydrogens (tertiary/aromatic N) is 2. The fourth-order valence-electron chi connectivity index (χ4n) is 2.29. The molecule has 0 N–H and O–H groups in total. The van der Waals surface area contributed by atoms with E-state index in [1.165, 1.54) is 6.07 Å². The number of rotatable bonds is 2. The molecule has 1 saturated heterocycles. The van der Waals surface area contributed by atoms with Crippen LogP contribution in [0.4, 0.5) is 4.39 Å². The van der Waals surface area contributed by atoms with Crippen molar-refractivity contribution in [1.29, 1.82) is 5.26 Å². The topological polar surface area (TPSA) is 44.1 Å². The van der Waals surface area contributed by atoms with Crippen LogP contribution in [0.1, 0.15) is 37.3 Å². The Balaban J connectivity index is 2.12. The molecule has 1 unspecified atom stereocenters. The molecule has 19 heavy (non-hydrogen) atoms. The quantitative estimate of drug-likeness (QED) is 0.820. The van der Waals surface area contributed by atoms with Crippen LogP contribution < -0.4 is 0 Å². The van der Waals surface area contributed by atoms with Gasteiger partial charge >= 0.3 is 0 Å². The van der Waals surface area contributed by atoms with Crippen LogP contribution >= 0.6 is 0 Å². The van der Waals surface area contributed by atoms with E-state index in [1.54, 1.807) is 17.0 Å². The van der Waals surface area contributed by atoms with Crippen LogP contribution in [0.25, 0.3) is 0 Å². The molecule has 1 heterocycles. The maximum absolute atomic E-state index is 13.8. The van der Waals surface area contributed by atoms with Crippen molar-refractivity contribution in [3.63, 3.8) is 0 Å². The Morgan fingerprint density at radius 3 is 2.95 bits per heavy atom. The third-order valence-electron chi connectivity index (χ3n) is 3.64. The van der Waals surface area contributed by atoms with Gasteiger partial charge < -0.3 is 4.90 Å². The number of carbonyl (C=O) groups is 1. The average Bonchev–Trinajstić information content (AvgIpc) is 2.56. The first-order chi connectivity index (χ1) is 9.10. The summed E-state index contributed by atoms with van der Waals surface area (Å²) in [6, 6.07) is 6.30. The number of halogens is 1. The van der Waals surface area contributed by atoms with E-state index in [0.29, 0.717) is 36.6 Å². The summed E-state index contributed by atoms with van der Waals surface area (Å²) in [6.07, 6.45) is 2.41. The molecule has 100 valence electrons. The lowest BCUT2D eigenvalue weighted by molar-refractivity contribution is -0.131. The Labute approximate surface area is 112 Å². The Morgan fingerprint density at radius 2 is 2.26 bits per heavy atom. The van der Waals surface area contributed by atoms with Crippen LogP contribution in [0.3, 0.4) is 0 Å². The van der Waals surface area contributed by atoms with E-state index in [1.807, 2.05) is 6.07 Å². The molecule has 1 amide bonds. The minimum atomic E-state index is -0.413. The summed E-state index contributed by atoms with van der Waals surface area (Å²) >= 11 is 0. The molecular weight excluding hydrogens is 243 g/mol. The molecular formula is C15H17FN2O. The van der Waals surface area contributed by atoms with E-state index < -0.39 is 5.82 Å². The van der Waals surface area contributed by atoms with Crippen molar-refractivity contribution in [3.05, 3.63) is 35.1 Å². The summed E-state index contributed by atoms with van der Waals surface area (Å²) in [7, 11) is 0. The van der Waals surface area contributed by atoms with E-state index in [4.69, 9.17) is 5.26 Å². The maximum atomic E-state index is 13.8. The Hall–Kier alpha value is -1.89. The highest BCUT2D eigenvalue weighted by molar-refractivity contribution is 5.76. The second-order valence-electron chi connectivity index (χ2n) is 5.17. The van der Waals surface area contributed by atoms with Crippen LogP contribution in [0.5, 0.6) is 0 Å². The molecule has 0 saturated carbocycles. The van der Waals surface area contributed by atoms with Crippen molar-refractivity contribution in [2.24, 2.45) is 5.92 Å². The first-order valence-corrected chi connectivity index (χ1v) is 6.56. The van der Waals surface area contributed by atoms with Gasteiger partial charge in [0, 0.05) is 25.1 Å². The lowest BCUT2D eigenvalue weighted by Crippen LogP contribution is -2.30. The van der Waals surface area contributed by atoms with Gasteiger partial charge in [-0.25, -0.2) is 4.39 Å². The Bertz CT molecular complexity index is 521. The van der Waals surface area contributed by atoms with Gasteiger partial charge in [0.25, 0.3) is 0 Å². The first kappa shape index (κ1) is 13.5. The van der Waals surface area contributed by atoms with Crippen LogP contribution in [0.2, 0.25) is 0 Å². The predicted octanol–water partition coefficient (Wildman–Crippen LogP) is 2.85. The van der Waals surface area contributed by atoms with Crippen molar-refractivity contribution in [1.82, 2.24) is 4.90 Å². The zero-order chi connectivity index (χ0) is 13.8. The molecule has 0 aromatic heterocycles. The molecule has 3 nitrogen and oxygen atoms in total. The normalized spacial score (nSPS) is 19.9. The fraction of sp³-hybridized carbons (Fsp3) is 0.467. The number of likely N-dealkylation sites (tertiary alicyclic amines) is 1. The number of hydrogen-bond donors (Lipinski definition) is 0. The lowest BCUT2D eigenvalue weighted by atomic mass is 10.0. The third-order valence-corrected chi connectivity index (χ3v) is 3.64. The molecule has 1 aliphatic rings. The molecule has 0 spiro atoms. The van der Waals surface area contributed by atoms with Crippen molar-refractivity contribution < 1.29 is 9.18 Å². The monoisotopic (exact) mass is 260 g/mol. The van der Waals surface area contributed by atoms with Gasteiger partial charge in [-0.05, 0) is 30.9 Å². The molecule has 0 bridgehead atoms. The van der Waals surface area contributed by atoms with Crippen LogP contribution in [-0.4, -0.2) is 17.4 Å². The molecule has 1 aromatic rings. The zero-order valence-electron chi connectivity index (χ0n) is 11.0. The Kier molecular flexibility index (Phi) is 4.16. The zero-order valence-corrected chi connectivity index (χ0v) is 11.0. The lowest BCUT2D eigenvalue weighted by Gasteiger charge is -2.21. The average molecular weight is 260 g/mol. The van der Waals surface area contributed by atoms with Gasteiger partial charge in [-0.15, -0.1) is 0 Å². The maximum Gasteiger partial charge on any atom is 0.222 e. The second kappa shape index (κ2) is 5.83. The molecule has 1 aliphatic heterocycles. The molecule has 1 atom stereocenters. The van der Waals surface area contributed by atoms with Gasteiger partial charge in [0.2, 0.25) is 5.91 Å². The minimum absolute atomic E-state index is 0.0908. The van der Waals surface area contributed by atoms with Gasteiger partial charge in [-0.1, -0.05) is 13.0 Å². The summed E-state index contributed by atoms with van der Waals surface area (Å²) < 4.78 is 13.8. The smallest absolute Gasteiger partial charge is 0.222 e. The minimum Gasteiger partial charge on any atom is -0.338 e. The van der Waals surface area contributed by atoms with Gasteiger partial charge in [0.05, 0.1) is 11.6 Å². The van der Waals surface area contributed by atoms with E-state index in [9.17, 15) is 9.18 Å². The van der Waals surface area contributed by atoms with Crippen molar-refractivity contribution >= 4 is 5.91 Å². The summed E-state index contributed by atoms with van der Waals surface area (Å²) in [5, 5.41) is 8.70. The number of carbonyl (C=O) groups excluding carboxylic acids is 1. The molecule has 0 radical (unpaired) electrons. The molecule has 4 heteroatoms. The van der Waals surface area contributed by atoms with E-state index >= 15 is 0 Å². The largest absolute Gasteiger partial charge is 0.338 e. The van der Waals surface area contributed by atoms with Crippen molar-refractivity contribution in [2.45, 2.75) is 32.7 Å². The van der Waals surface area contributed by atoms with Crippen molar-refractivity contribution in [2.75, 3.05) is 6.54 Å². The summed E-state index contributed by atoms with van der Waals surface area (Å²) in [6.45, 7) is 3.11. The van der Waals surface area contributed by atoms with Gasteiger partial charge in [-0.2, -0.15) is 5.26 Å². The highest BCUT2D eigenvalue weighted by atomic mass is 19.1. The predicted molar refractivity (Wildman–Crippen MR) is 69.5 cm³/mol. The molecule has 0 aliphatic carbocycles. The van der Waals surface area contributed by atoms with Gasteiger partial charge in [0.15, 0.2) is 0 Å². The van der Waals surface area contributed by atoms with Crippen LogP contribution in [-0.2, 0) is 11.3 Å². The Morgan fingerprint density at radius 1 is 1.47 bits per heavy atom. The number of amides is 1. The summed E-state index contributed by atoms with van der Waals surface area (Å²) in [5.41, 5.74) is 0.777. The van der Waals surface area contributed by atoms with Crippen LogP contribution in [0, 0.1) is 23.1 Å². The third kappa shape index (κ3) is 3.31. The highest BCUT2D eigenvalue weighted by Crippen LogP contribution is 2.20. The summed E-state index contributed by atoms with van der Waals surface area (Å²) in [5.74, 6) is 0.219. The number of hydrogen-bond acceptors (Lipinski definition) is 2. The summed E-state index contributed by atoms with van der Waals surface area (Å²) in [4.78, 5) is 13.7. The van der Waals surface area contributed by atoms with Gasteiger partial charge in [-0.3, -0.25) is 4.79 Å². The molecule has 2 rings (SSSR count). The highest BCUT2D eigenvalue weighted by Gasteiger charge is 2.21. The first-order valence-electron chi connectivity index (χ1n) is 6.56. The number of nitriles is 1. The van der Waals surface area contributed by atoms with Gasteiger partial charge in [0.1, 0.15) is 5.82 Å². The SMILES string of the molecule is CC1CCC(=O)N(Cc2ccc(C#N)cc2F)CC1. The molecule has 1 aromatic carbocycles. The van der Waals surface area contributed by atoms with E-state index in [0.717, 1.165) is 12.8 Å². The van der Waals surface area contributed by atoms with Crippen LogP contribution in [0.15, 0.2) is 18.2 Å². The molecule has 1 fully saturated rings.